The van der Waals surface area contributed by atoms with Crippen molar-refractivity contribution in [3.8, 4) is 0 Å². The van der Waals surface area contributed by atoms with E-state index in [0.29, 0.717) is 18.8 Å². The van der Waals surface area contributed by atoms with Gasteiger partial charge in [0, 0.05) is 37.1 Å². The summed E-state index contributed by atoms with van der Waals surface area (Å²) in [6.45, 7) is 1.68. The summed E-state index contributed by atoms with van der Waals surface area (Å²) < 4.78 is 9.30. The van der Waals surface area contributed by atoms with Crippen molar-refractivity contribution in [2.24, 2.45) is 0 Å². The van der Waals surface area contributed by atoms with E-state index in [1.807, 2.05) is 12.1 Å². The van der Waals surface area contributed by atoms with Crippen molar-refractivity contribution in [2.45, 2.75) is 19.5 Å². The molecule has 0 unspecified atom stereocenters. The van der Waals surface area contributed by atoms with Crippen LogP contribution in [0.25, 0.3) is 10.9 Å². The Labute approximate surface area is 162 Å². The molecule has 6 heteroatoms. The van der Waals surface area contributed by atoms with Crippen molar-refractivity contribution in [3.05, 3.63) is 94.9 Å². The first-order valence-electron chi connectivity index (χ1n) is 9.27. The SMILES string of the molecule is O=C(NCCCn1ccc2ccccc21)c1ccc(Cn2ccccc2=O)o1. The molecule has 0 aliphatic carbocycles. The van der Waals surface area contributed by atoms with Crippen molar-refractivity contribution in [1.82, 2.24) is 14.5 Å². The van der Waals surface area contributed by atoms with Crippen molar-refractivity contribution in [3.63, 3.8) is 0 Å². The van der Waals surface area contributed by atoms with Gasteiger partial charge in [-0.1, -0.05) is 24.3 Å². The van der Waals surface area contributed by atoms with Crippen molar-refractivity contribution in [1.29, 1.82) is 0 Å². The predicted octanol–water partition coefficient (Wildman–Crippen LogP) is 3.26. The molecule has 142 valence electrons. The summed E-state index contributed by atoms with van der Waals surface area (Å²) >= 11 is 0. The third-order valence-electron chi connectivity index (χ3n) is 4.65. The average Bonchev–Trinajstić information content (AvgIpc) is 3.34. The molecule has 3 heterocycles. The lowest BCUT2D eigenvalue weighted by Crippen LogP contribution is -2.24. The summed E-state index contributed by atoms with van der Waals surface area (Å²) in [6.07, 6.45) is 4.57. The fourth-order valence-corrected chi connectivity index (χ4v) is 3.22. The van der Waals surface area contributed by atoms with Crippen LogP contribution in [0.5, 0.6) is 0 Å². The number of carbonyl (C=O) groups is 1. The summed E-state index contributed by atoms with van der Waals surface area (Å²) in [5.74, 6) is 0.576. The van der Waals surface area contributed by atoms with Crippen LogP contribution in [0.4, 0.5) is 0 Å². The molecule has 0 aliphatic heterocycles. The molecule has 0 atom stereocenters. The molecule has 6 nitrogen and oxygen atoms in total. The van der Waals surface area contributed by atoms with E-state index in [1.54, 1.807) is 30.5 Å². The number of aromatic nitrogens is 2. The number of pyridine rings is 1. The zero-order valence-corrected chi connectivity index (χ0v) is 15.4. The summed E-state index contributed by atoms with van der Waals surface area (Å²) in [5, 5.41) is 4.10. The van der Waals surface area contributed by atoms with Gasteiger partial charge in [0.25, 0.3) is 11.5 Å². The van der Waals surface area contributed by atoms with Crippen LogP contribution in [0.3, 0.4) is 0 Å². The van der Waals surface area contributed by atoms with Gasteiger partial charge in [0.05, 0.1) is 6.54 Å². The standard InChI is InChI=1S/C22H21N3O3/c26-21-8-3-4-13-25(21)16-18-9-10-20(28-18)22(27)23-12-5-14-24-15-11-17-6-1-2-7-19(17)24/h1-4,6-11,13,15H,5,12,14,16H2,(H,23,27). The quantitative estimate of drug-likeness (QED) is 0.504. The maximum absolute atomic E-state index is 12.3. The van der Waals surface area contributed by atoms with E-state index in [1.165, 1.54) is 21.5 Å². The number of amides is 1. The van der Waals surface area contributed by atoms with Crippen LogP contribution in [0.1, 0.15) is 22.7 Å². The van der Waals surface area contributed by atoms with Crippen LogP contribution in [0.15, 0.2) is 82.3 Å². The zero-order chi connectivity index (χ0) is 19.3. The third-order valence-corrected chi connectivity index (χ3v) is 4.65. The van der Waals surface area contributed by atoms with Crippen LogP contribution in [-0.2, 0) is 13.1 Å². The van der Waals surface area contributed by atoms with E-state index in [0.717, 1.165) is 13.0 Å². The maximum Gasteiger partial charge on any atom is 0.286 e. The molecule has 28 heavy (non-hydrogen) atoms. The Hall–Kier alpha value is -3.54. The Kier molecular flexibility index (Phi) is 5.10. The highest BCUT2D eigenvalue weighted by atomic mass is 16.4. The molecule has 0 bridgehead atoms. The number of rotatable bonds is 7. The van der Waals surface area contributed by atoms with Crippen LogP contribution in [0, 0.1) is 0 Å². The summed E-state index contributed by atoms with van der Waals surface area (Å²) in [4.78, 5) is 24.0. The first kappa shape index (κ1) is 17.9. The lowest BCUT2D eigenvalue weighted by atomic mass is 10.2. The molecular weight excluding hydrogens is 354 g/mol. The molecule has 3 aromatic heterocycles. The third kappa shape index (κ3) is 3.91. The first-order valence-corrected chi connectivity index (χ1v) is 9.27. The highest BCUT2D eigenvalue weighted by molar-refractivity contribution is 5.91. The lowest BCUT2D eigenvalue weighted by molar-refractivity contribution is 0.0923. The number of hydrogen-bond acceptors (Lipinski definition) is 3. The van der Waals surface area contributed by atoms with Gasteiger partial charge in [-0.3, -0.25) is 9.59 Å². The number of carbonyl (C=O) groups excluding carboxylic acids is 1. The predicted molar refractivity (Wildman–Crippen MR) is 107 cm³/mol. The van der Waals surface area contributed by atoms with Gasteiger partial charge in [-0.05, 0) is 42.1 Å². The number of nitrogens with zero attached hydrogens (tertiary/aromatic N) is 2. The molecule has 0 saturated heterocycles. The molecule has 1 amide bonds. The van der Waals surface area contributed by atoms with E-state index < -0.39 is 0 Å². The Balaban J connectivity index is 1.29. The summed E-state index contributed by atoms with van der Waals surface area (Å²) in [5.41, 5.74) is 1.09. The minimum Gasteiger partial charge on any atom is -0.454 e. The van der Waals surface area contributed by atoms with Gasteiger partial charge in [0.15, 0.2) is 5.76 Å². The van der Waals surface area contributed by atoms with Crippen LogP contribution in [0.2, 0.25) is 0 Å². The number of benzene rings is 1. The lowest BCUT2D eigenvalue weighted by Gasteiger charge is -2.06. The van der Waals surface area contributed by atoms with Crippen molar-refractivity contribution >= 4 is 16.8 Å². The Morgan fingerprint density at radius 3 is 2.68 bits per heavy atom. The van der Waals surface area contributed by atoms with Crippen LogP contribution in [-0.4, -0.2) is 21.6 Å². The van der Waals surface area contributed by atoms with Gasteiger partial charge in [0.2, 0.25) is 0 Å². The van der Waals surface area contributed by atoms with E-state index in [2.05, 4.69) is 34.3 Å². The highest BCUT2D eigenvalue weighted by Crippen LogP contribution is 2.15. The minimum atomic E-state index is -0.246. The largest absolute Gasteiger partial charge is 0.454 e. The molecule has 4 aromatic rings. The van der Waals surface area contributed by atoms with Crippen molar-refractivity contribution < 1.29 is 9.21 Å². The monoisotopic (exact) mass is 375 g/mol. The fourth-order valence-electron chi connectivity index (χ4n) is 3.22. The number of furan rings is 1. The number of para-hydroxylation sites is 1. The van der Waals surface area contributed by atoms with Gasteiger partial charge in [-0.15, -0.1) is 0 Å². The number of aryl methyl sites for hydroxylation is 1. The van der Waals surface area contributed by atoms with Crippen LogP contribution < -0.4 is 10.9 Å². The number of hydrogen-bond donors (Lipinski definition) is 1. The molecule has 4 rings (SSSR count). The minimum absolute atomic E-state index is 0.109. The fraction of sp³-hybridized carbons (Fsp3) is 0.182. The van der Waals surface area contributed by atoms with E-state index in [9.17, 15) is 9.59 Å². The summed E-state index contributed by atoms with van der Waals surface area (Å²) in [6, 6.07) is 18.7. The second-order valence-corrected chi connectivity index (χ2v) is 6.61. The van der Waals surface area contributed by atoms with Gasteiger partial charge in [-0.2, -0.15) is 0 Å². The second kappa shape index (κ2) is 8.00. The molecular formula is C22H21N3O3. The van der Waals surface area contributed by atoms with Crippen LogP contribution >= 0.6 is 0 Å². The maximum atomic E-state index is 12.3. The van der Waals surface area contributed by atoms with Gasteiger partial charge < -0.3 is 18.9 Å². The topological polar surface area (TPSA) is 69.2 Å². The Morgan fingerprint density at radius 1 is 0.929 bits per heavy atom. The molecule has 1 N–H and O–H groups in total. The number of nitrogens with one attached hydrogen (secondary N) is 1. The molecule has 1 aromatic carbocycles. The molecule has 0 radical (unpaired) electrons. The van der Waals surface area contributed by atoms with Gasteiger partial charge >= 0.3 is 0 Å². The second-order valence-electron chi connectivity index (χ2n) is 6.61. The average molecular weight is 375 g/mol. The Morgan fingerprint density at radius 2 is 1.79 bits per heavy atom. The first-order chi connectivity index (χ1) is 13.7. The van der Waals surface area contributed by atoms with Crippen molar-refractivity contribution in [2.75, 3.05) is 6.54 Å². The van der Waals surface area contributed by atoms with Gasteiger partial charge in [0.1, 0.15) is 5.76 Å². The zero-order valence-electron chi connectivity index (χ0n) is 15.4. The molecule has 0 fully saturated rings. The molecule has 0 saturated carbocycles. The smallest absolute Gasteiger partial charge is 0.286 e. The molecule has 0 spiro atoms. The summed E-state index contributed by atoms with van der Waals surface area (Å²) in [7, 11) is 0. The number of fused-ring (bicyclic) bond motifs is 1. The van der Waals surface area contributed by atoms with E-state index >= 15 is 0 Å². The normalized spacial score (nSPS) is 11.0. The highest BCUT2D eigenvalue weighted by Gasteiger charge is 2.11. The van der Waals surface area contributed by atoms with Gasteiger partial charge in [-0.25, -0.2) is 0 Å². The molecule has 0 aliphatic rings. The Bertz CT molecular complexity index is 1150. The van der Waals surface area contributed by atoms with E-state index in [-0.39, 0.29) is 17.2 Å². The van der Waals surface area contributed by atoms with E-state index in [4.69, 9.17) is 4.42 Å².